The van der Waals surface area contributed by atoms with E-state index in [1.807, 2.05) is 0 Å². The van der Waals surface area contributed by atoms with Crippen LogP contribution >= 0.6 is 0 Å². The molecule has 0 aliphatic rings. The maximum absolute atomic E-state index is 12.5. The lowest BCUT2D eigenvalue weighted by Gasteiger charge is -2.06. The number of pyridine rings is 1. The highest BCUT2D eigenvalue weighted by Gasteiger charge is 2.28. The van der Waals surface area contributed by atoms with Crippen molar-refractivity contribution < 1.29 is 13.7 Å². The first-order valence-corrected chi connectivity index (χ1v) is 4.27. The highest BCUT2D eigenvalue weighted by atomic mass is 19.3. The normalized spacial score (nSPS) is 10.2. The van der Waals surface area contributed by atoms with Gasteiger partial charge in [-0.2, -0.15) is 5.26 Å². The van der Waals surface area contributed by atoms with E-state index in [-0.39, 0.29) is 12.0 Å². The van der Waals surface area contributed by atoms with E-state index in [9.17, 15) is 18.9 Å². The third-order valence-corrected chi connectivity index (χ3v) is 2.05. The second-order valence-corrected chi connectivity index (χ2v) is 3.05. The molecule has 0 saturated heterocycles. The Morgan fingerprint density at radius 1 is 1.69 bits per heavy atom. The molecule has 1 aromatic heterocycles. The fourth-order valence-electron chi connectivity index (χ4n) is 1.31. The molecule has 0 fully saturated rings. The monoisotopic (exact) mass is 227 g/mol. The third-order valence-electron chi connectivity index (χ3n) is 2.05. The first-order valence-electron chi connectivity index (χ1n) is 4.27. The van der Waals surface area contributed by atoms with Gasteiger partial charge in [0.05, 0.1) is 23.0 Å². The Morgan fingerprint density at radius 3 is 2.75 bits per heavy atom. The summed E-state index contributed by atoms with van der Waals surface area (Å²) in [6, 6.07) is 1.71. The summed E-state index contributed by atoms with van der Waals surface area (Å²) in [5, 5.41) is 19.2. The number of alkyl halides is 2. The van der Waals surface area contributed by atoms with Gasteiger partial charge in [-0.3, -0.25) is 10.1 Å². The lowest BCUT2D eigenvalue weighted by Crippen LogP contribution is -2.05. The average molecular weight is 227 g/mol. The molecule has 1 aromatic rings. The molecule has 0 aromatic carbocycles. The van der Waals surface area contributed by atoms with E-state index < -0.39 is 22.7 Å². The predicted molar refractivity (Wildman–Crippen MR) is 49.9 cm³/mol. The highest BCUT2D eigenvalue weighted by Crippen LogP contribution is 2.31. The Labute approximate surface area is 89.5 Å². The number of aromatic nitrogens is 1. The molecule has 0 N–H and O–H groups in total. The Bertz CT molecular complexity index is 469. The topological polar surface area (TPSA) is 79.8 Å². The zero-order valence-electron chi connectivity index (χ0n) is 8.28. The van der Waals surface area contributed by atoms with Crippen molar-refractivity contribution in [3.63, 3.8) is 0 Å². The number of halogens is 2. The van der Waals surface area contributed by atoms with Crippen LogP contribution in [0, 0.1) is 28.4 Å². The molecule has 0 atom stereocenters. The van der Waals surface area contributed by atoms with Crippen LogP contribution in [0.1, 0.15) is 23.2 Å². The van der Waals surface area contributed by atoms with Crippen LogP contribution in [0.5, 0.6) is 0 Å². The molecule has 1 heterocycles. The van der Waals surface area contributed by atoms with Crippen LogP contribution in [0.3, 0.4) is 0 Å². The van der Waals surface area contributed by atoms with Gasteiger partial charge in [0.15, 0.2) is 5.69 Å². The number of nitriles is 1. The van der Waals surface area contributed by atoms with Crippen LogP contribution < -0.4 is 0 Å². The van der Waals surface area contributed by atoms with Crippen molar-refractivity contribution in [2.24, 2.45) is 0 Å². The maximum atomic E-state index is 12.5. The molecule has 0 bridgehead atoms. The minimum Gasteiger partial charge on any atom is -0.258 e. The molecule has 0 aliphatic carbocycles. The van der Waals surface area contributed by atoms with E-state index in [1.165, 1.54) is 6.92 Å². The number of rotatable bonds is 3. The van der Waals surface area contributed by atoms with Crippen LogP contribution in [-0.4, -0.2) is 9.91 Å². The standard InChI is InChI=1S/C9H7F2N3O2/c1-5-4-13-7(9(10)11)8(14(15)16)6(5)2-3-12/h4,9H,2H2,1H3. The molecular weight excluding hydrogens is 220 g/mol. The van der Waals surface area contributed by atoms with Gasteiger partial charge in [-0.1, -0.05) is 0 Å². The molecular formula is C9H7F2N3O2. The first-order chi connectivity index (χ1) is 7.49. The molecule has 84 valence electrons. The third kappa shape index (κ3) is 2.11. The molecule has 0 unspecified atom stereocenters. The number of hydrogen-bond acceptors (Lipinski definition) is 4. The number of nitro groups is 1. The fourth-order valence-corrected chi connectivity index (χ4v) is 1.31. The summed E-state index contributed by atoms with van der Waals surface area (Å²) in [7, 11) is 0. The molecule has 16 heavy (non-hydrogen) atoms. The van der Waals surface area contributed by atoms with Crippen LogP contribution in [-0.2, 0) is 6.42 Å². The van der Waals surface area contributed by atoms with Crippen molar-refractivity contribution in [2.45, 2.75) is 19.8 Å². The van der Waals surface area contributed by atoms with Gasteiger partial charge in [-0.15, -0.1) is 0 Å². The zero-order valence-corrected chi connectivity index (χ0v) is 8.28. The van der Waals surface area contributed by atoms with Crippen LogP contribution in [0.4, 0.5) is 14.5 Å². The van der Waals surface area contributed by atoms with Gasteiger partial charge in [0.1, 0.15) is 0 Å². The van der Waals surface area contributed by atoms with E-state index in [4.69, 9.17) is 5.26 Å². The lowest BCUT2D eigenvalue weighted by atomic mass is 10.0. The molecule has 0 radical (unpaired) electrons. The minimum absolute atomic E-state index is 0.00204. The second-order valence-electron chi connectivity index (χ2n) is 3.05. The average Bonchev–Trinajstić information content (AvgIpc) is 2.20. The lowest BCUT2D eigenvalue weighted by molar-refractivity contribution is -0.387. The quantitative estimate of drug-likeness (QED) is 0.586. The molecule has 5 nitrogen and oxygen atoms in total. The SMILES string of the molecule is Cc1cnc(C(F)F)c([N+](=O)[O-])c1CC#N. The van der Waals surface area contributed by atoms with Crippen molar-refractivity contribution in [3.05, 3.63) is 33.1 Å². The molecule has 0 amide bonds. The van der Waals surface area contributed by atoms with E-state index in [0.717, 1.165) is 6.20 Å². The van der Waals surface area contributed by atoms with Gasteiger partial charge in [0, 0.05) is 6.20 Å². The van der Waals surface area contributed by atoms with Crippen molar-refractivity contribution in [1.82, 2.24) is 4.98 Å². The van der Waals surface area contributed by atoms with Gasteiger partial charge in [0.2, 0.25) is 0 Å². The summed E-state index contributed by atoms with van der Waals surface area (Å²) in [6.45, 7) is 1.49. The van der Waals surface area contributed by atoms with Crippen molar-refractivity contribution in [3.8, 4) is 6.07 Å². The molecule has 0 spiro atoms. The number of hydrogen-bond donors (Lipinski definition) is 0. The second kappa shape index (κ2) is 4.61. The first kappa shape index (κ1) is 12.0. The zero-order chi connectivity index (χ0) is 12.3. The number of aryl methyl sites for hydroxylation is 1. The maximum Gasteiger partial charge on any atom is 0.301 e. The van der Waals surface area contributed by atoms with Gasteiger partial charge in [-0.05, 0) is 12.5 Å². The van der Waals surface area contributed by atoms with E-state index in [2.05, 4.69) is 4.98 Å². The summed E-state index contributed by atoms with van der Waals surface area (Å²) in [4.78, 5) is 13.1. The highest BCUT2D eigenvalue weighted by molar-refractivity contribution is 5.49. The summed E-state index contributed by atoms with van der Waals surface area (Å²) in [5.41, 5.74) is -1.28. The van der Waals surface area contributed by atoms with E-state index >= 15 is 0 Å². The summed E-state index contributed by atoms with van der Waals surface area (Å²) >= 11 is 0. The number of nitrogens with zero attached hydrogens (tertiary/aromatic N) is 3. The van der Waals surface area contributed by atoms with Crippen LogP contribution in [0.15, 0.2) is 6.20 Å². The van der Waals surface area contributed by atoms with Crippen LogP contribution in [0.2, 0.25) is 0 Å². The molecule has 0 saturated carbocycles. The van der Waals surface area contributed by atoms with E-state index in [0.29, 0.717) is 5.56 Å². The summed E-state index contributed by atoms with van der Waals surface area (Å²) in [6.07, 6.45) is -2.20. The van der Waals surface area contributed by atoms with Crippen molar-refractivity contribution in [2.75, 3.05) is 0 Å². The van der Waals surface area contributed by atoms with Gasteiger partial charge in [-0.25, -0.2) is 13.8 Å². The largest absolute Gasteiger partial charge is 0.301 e. The molecule has 1 rings (SSSR count). The molecule has 0 aliphatic heterocycles. The summed E-state index contributed by atoms with van der Waals surface area (Å²) < 4.78 is 25.0. The van der Waals surface area contributed by atoms with Crippen molar-refractivity contribution in [1.29, 1.82) is 5.26 Å². The predicted octanol–water partition coefficient (Wildman–Crippen LogP) is 2.30. The van der Waals surface area contributed by atoms with Gasteiger partial charge >= 0.3 is 5.69 Å². The smallest absolute Gasteiger partial charge is 0.258 e. The summed E-state index contributed by atoms with van der Waals surface area (Å²) in [5.74, 6) is 0. The van der Waals surface area contributed by atoms with Gasteiger partial charge in [0.25, 0.3) is 6.43 Å². The van der Waals surface area contributed by atoms with Gasteiger partial charge < -0.3 is 0 Å². The van der Waals surface area contributed by atoms with E-state index in [1.54, 1.807) is 6.07 Å². The Morgan fingerprint density at radius 2 is 2.31 bits per heavy atom. The van der Waals surface area contributed by atoms with Crippen molar-refractivity contribution >= 4 is 5.69 Å². The molecule has 7 heteroatoms. The fraction of sp³-hybridized carbons (Fsp3) is 0.333. The Balaban J connectivity index is 3.51. The van der Waals surface area contributed by atoms with Crippen LogP contribution in [0.25, 0.3) is 0 Å². The Hall–Kier alpha value is -2.10. The minimum atomic E-state index is -3.03. The Kier molecular flexibility index (Phi) is 3.45.